The molecule has 11 heteroatoms. The van der Waals surface area contributed by atoms with Crippen LogP contribution < -0.4 is 0 Å². The zero-order valence-electron chi connectivity index (χ0n) is 7.60. The predicted molar refractivity (Wildman–Crippen MR) is 53.9 cm³/mol. The van der Waals surface area contributed by atoms with Gasteiger partial charge >= 0.3 is 5.69 Å². The van der Waals surface area contributed by atoms with Gasteiger partial charge in [0.1, 0.15) is 10.7 Å². The molecule has 94 valence electrons. The van der Waals surface area contributed by atoms with Gasteiger partial charge in [0.05, 0.1) is 4.92 Å². The Morgan fingerprint density at radius 1 is 1.47 bits per heavy atom. The number of aromatic nitrogens is 1. The van der Waals surface area contributed by atoms with Crippen LogP contribution >= 0.6 is 22.3 Å². The SMILES string of the molecule is O=[N+]([O-])c1c(Cl)cc(C(F)F)nc1S(=O)(=O)Cl. The fourth-order valence-corrected chi connectivity index (χ4v) is 2.23. The molecule has 17 heavy (non-hydrogen) atoms. The number of rotatable bonds is 3. The lowest BCUT2D eigenvalue weighted by molar-refractivity contribution is -0.388. The largest absolute Gasteiger partial charge is 0.326 e. The lowest BCUT2D eigenvalue weighted by Crippen LogP contribution is -2.05. The van der Waals surface area contributed by atoms with Crippen molar-refractivity contribution in [3.05, 3.63) is 26.9 Å². The first-order valence-electron chi connectivity index (χ1n) is 3.72. The topological polar surface area (TPSA) is 90.2 Å². The summed E-state index contributed by atoms with van der Waals surface area (Å²) in [7, 11) is 0.203. The van der Waals surface area contributed by atoms with Gasteiger partial charge in [-0.2, -0.15) is 0 Å². The van der Waals surface area contributed by atoms with E-state index in [1.807, 2.05) is 0 Å². The first kappa shape index (κ1) is 14.0. The predicted octanol–water partition coefficient (Wildman–Crippen LogP) is 2.51. The van der Waals surface area contributed by atoms with Gasteiger partial charge in [-0.25, -0.2) is 22.2 Å². The Morgan fingerprint density at radius 3 is 2.35 bits per heavy atom. The second-order valence-electron chi connectivity index (χ2n) is 2.68. The molecule has 0 amide bonds. The van der Waals surface area contributed by atoms with Gasteiger partial charge in [0.15, 0.2) is 0 Å². The van der Waals surface area contributed by atoms with Gasteiger partial charge in [-0.05, 0) is 6.07 Å². The van der Waals surface area contributed by atoms with Crippen LogP contribution in [0.15, 0.2) is 11.1 Å². The van der Waals surface area contributed by atoms with Gasteiger partial charge in [-0.15, -0.1) is 0 Å². The van der Waals surface area contributed by atoms with Gasteiger partial charge in [-0.1, -0.05) is 11.6 Å². The van der Waals surface area contributed by atoms with Crippen molar-refractivity contribution < 1.29 is 22.1 Å². The summed E-state index contributed by atoms with van der Waals surface area (Å²) < 4.78 is 46.6. The summed E-state index contributed by atoms with van der Waals surface area (Å²) in [6.45, 7) is 0. The monoisotopic (exact) mass is 306 g/mol. The number of nitro groups is 1. The minimum absolute atomic E-state index is 0.510. The van der Waals surface area contributed by atoms with Crippen LogP contribution in [0.3, 0.4) is 0 Å². The Morgan fingerprint density at radius 2 is 2.00 bits per heavy atom. The minimum atomic E-state index is -4.66. The highest BCUT2D eigenvalue weighted by atomic mass is 35.7. The number of hydrogen-bond donors (Lipinski definition) is 0. The van der Waals surface area contributed by atoms with E-state index < -0.39 is 41.8 Å². The van der Waals surface area contributed by atoms with Crippen molar-refractivity contribution in [3.63, 3.8) is 0 Å². The molecule has 0 spiro atoms. The van der Waals surface area contributed by atoms with E-state index in [4.69, 9.17) is 22.3 Å². The molecule has 1 aromatic heterocycles. The molecule has 0 radical (unpaired) electrons. The number of pyridine rings is 1. The summed E-state index contributed by atoms with van der Waals surface area (Å²) >= 11 is 5.34. The van der Waals surface area contributed by atoms with Gasteiger partial charge < -0.3 is 0 Å². The molecule has 0 atom stereocenters. The Labute approximate surface area is 103 Å². The summed E-state index contributed by atoms with van der Waals surface area (Å²) in [5, 5.41) is 8.46. The van der Waals surface area contributed by atoms with E-state index in [-0.39, 0.29) is 0 Å². The number of halogens is 4. The second-order valence-corrected chi connectivity index (χ2v) is 5.57. The molecule has 1 rings (SSSR count). The van der Waals surface area contributed by atoms with Crippen LogP contribution in [0.5, 0.6) is 0 Å². The van der Waals surface area contributed by atoms with E-state index in [0.717, 1.165) is 0 Å². The van der Waals surface area contributed by atoms with Crippen LogP contribution in [-0.4, -0.2) is 18.3 Å². The molecule has 0 aliphatic heterocycles. The van der Waals surface area contributed by atoms with E-state index in [2.05, 4.69) is 4.98 Å². The highest BCUT2D eigenvalue weighted by Crippen LogP contribution is 2.34. The first-order chi connectivity index (χ1) is 7.64. The van der Waals surface area contributed by atoms with E-state index in [0.29, 0.717) is 6.07 Å². The summed E-state index contributed by atoms with van der Waals surface area (Å²) in [5.41, 5.74) is -2.15. The molecule has 0 saturated carbocycles. The molecule has 0 unspecified atom stereocenters. The van der Waals surface area contributed by atoms with Gasteiger partial charge in [-0.3, -0.25) is 10.1 Å². The van der Waals surface area contributed by atoms with Crippen LogP contribution in [0, 0.1) is 10.1 Å². The number of nitrogens with zero attached hydrogens (tertiary/aromatic N) is 2. The molecule has 1 heterocycles. The van der Waals surface area contributed by atoms with Gasteiger partial charge in [0.2, 0.25) is 0 Å². The second kappa shape index (κ2) is 4.67. The molecular weight excluding hydrogens is 305 g/mol. The first-order valence-corrected chi connectivity index (χ1v) is 6.41. The highest BCUT2D eigenvalue weighted by molar-refractivity contribution is 8.13. The Hall–Kier alpha value is -1.06. The summed E-state index contributed by atoms with van der Waals surface area (Å²) in [4.78, 5) is 12.3. The van der Waals surface area contributed by atoms with Crippen LogP contribution in [0.4, 0.5) is 14.5 Å². The van der Waals surface area contributed by atoms with Crippen LogP contribution in [0.2, 0.25) is 5.02 Å². The normalized spacial score (nSPS) is 11.8. The third-order valence-corrected chi connectivity index (χ3v) is 3.04. The lowest BCUT2D eigenvalue weighted by Gasteiger charge is -2.04. The Balaban J connectivity index is 3.69. The maximum absolute atomic E-state index is 12.3. The average molecular weight is 307 g/mol. The van der Waals surface area contributed by atoms with Gasteiger partial charge in [0, 0.05) is 10.7 Å². The third kappa shape index (κ3) is 2.99. The lowest BCUT2D eigenvalue weighted by atomic mass is 10.3. The van der Waals surface area contributed by atoms with Crippen molar-refractivity contribution in [2.45, 2.75) is 11.5 Å². The standard InChI is InChI=1S/C6H2Cl2F2N2O4S/c7-2-1-3(5(9)10)11-6(17(8,15)16)4(2)12(13)14/h1,5H. The molecule has 0 bridgehead atoms. The maximum Gasteiger partial charge on any atom is 0.326 e. The van der Waals surface area contributed by atoms with Crippen molar-refractivity contribution in [2.75, 3.05) is 0 Å². The molecule has 0 N–H and O–H groups in total. The molecule has 6 nitrogen and oxygen atoms in total. The highest BCUT2D eigenvalue weighted by Gasteiger charge is 2.31. The number of alkyl halides is 2. The van der Waals surface area contributed by atoms with Crippen molar-refractivity contribution >= 4 is 37.0 Å². The quantitative estimate of drug-likeness (QED) is 0.486. The van der Waals surface area contributed by atoms with E-state index in [1.54, 1.807) is 0 Å². The van der Waals surface area contributed by atoms with Crippen LogP contribution in [0.25, 0.3) is 0 Å². The van der Waals surface area contributed by atoms with E-state index >= 15 is 0 Å². The fraction of sp³-hybridized carbons (Fsp3) is 0.167. The maximum atomic E-state index is 12.3. The van der Waals surface area contributed by atoms with Crippen molar-refractivity contribution in [1.82, 2.24) is 4.98 Å². The average Bonchev–Trinajstić information content (AvgIpc) is 2.14. The van der Waals surface area contributed by atoms with Crippen LogP contribution in [-0.2, 0) is 9.05 Å². The van der Waals surface area contributed by atoms with Crippen molar-refractivity contribution in [3.8, 4) is 0 Å². The van der Waals surface area contributed by atoms with Crippen molar-refractivity contribution in [2.24, 2.45) is 0 Å². The fourth-order valence-electron chi connectivity index (χ4n) is 0.950. The number of hydrogen-bond acceptors (Lipinski definition) is 5. The summed E-state index contributed by atoms with van der Waals surface area (Å²) in [5.74, 6) is 0. The van der Waals surface area contributed by atoms with Gasteiger partial charge in [0.25, 0.3) is 20.5 Å². The zero-order chi connectivity index (χ0) is 13.4. The molecular formula is C6H2Cl2F2N2O4S. The molecule has 0 aliphatic rings. The van der Waals surface area contributed by atoms with Crippen molar-refractivity contribution in [1.29, 1.82) is 0 Å². The third-order valence-electron chi connectivity index (χ3n) is 1.57. The molecule has 0 aromatic carbocycles. The van der Waals surface area contributed by atoms with Crippen LogP contribution in [0.1, 0.15) is 12.1 Å². The smallest absolute Gasteiger partial charge is 0.258 e. The van der Waals surface area contributed by atoms with E-state index in [9.17, 15) is 27.3 Å². The molecule has 1 aromatic rings. The summed E-state index contributed by atoms with van der Waals surface area (Å²) in [6.07, 6.45) is -3.13. The molecule has 0 saturated heterocycles. The zero-order valence-corrected chi connectivity index (χ0v) is 9.93. The molecule has 0 fully saturated rings. The minimum Gasteiger partial charge on any atom is -0.258 e. The Bertz CT molecular complexity index is 578. The Kier molecular flexibility index (Phi) is 3.84. The van der Waals surface area contributed by atoms with E-state index in [1.165, 1.54) is 0 Å². The molecule has 0 aliphatic carbocycles. The summed E-state index contributed by atoms with van der Waals surface area (Å²) in [6, 6.07) is 0.510.